The van der Waals surface area contributed by atoms with Gasteiger partial charge < -0.3 is 0 Å². The summed E-state index contributed by atoms with van der Waals surface area (Å²) in [4.78, 5) is 27.8. The number of benzene rings is 1. The molecular formula is C19H15ClO2S3. The van der Waals surface area contributed by atoms with E-state index in [9.17, 15) is 9.59 Å². The second-order valence-corrected chi connectivity index (χ2v) is 9.80. The van der Waals surface area contributed by atoms with Crippen LogP contribution in [-0.2, 0) is 11.2 Å². The van der Waals surface area contributed by atoms with Gasteiger partial charge in [0, 0.05) is 27.5 Å². The first-order valence-corrected chi connectivity index (χ1v) is 11.2. The number of allylic oxidation sites excluding steroid dienone is 2. The smallest absolute Gasteiger partial charge is 0.198 e. The molecule has 0 saturated carbocycles. The molecule has 1 aromatic carbocycles. The zero-order valence-corrected chi connectivity index (χ0v) is 16.5. The molecule has 2 nitrogen and oxygen atoms in total. The molecule has 0 bridgehead atoms. The highest BCUT2D eigenvalue weighted by atomic mass is 35.5. The standard InChI is InChI=1S/C19H15ClO2S3/c20-18-11-8-10-23-14(11)7-6-12(18)19(22)17-13(21)3-1-4-15(17)25-16-5-2-9-24-16/h2,5-7,9H,1,3-4,8,10H2. The van der Waals surface area contributed by atoms with Gasteiger partial charge in [0.25, 0.3) is 0 Å². The molecule has 0 fully saturated rings. The number of ketones is 2. The van der Waals surface area contributed by atoms with Gasteiger partial charge in [0.2, 0.25) is 0 Å². The summed E-state index contributed by atoms with van der Waals surface area (Å²) in [5, 5.41) is 2.53. The second-order valence-electron chi connectivity index (χ2n) is 5.94. The Morgan fingerprint density at radius 3 is 2.84 bits per heavy atom. The minimum Gasteiger partial charge on any atom is -0.294 e. The number of thiophene rings is 1. The molecule has 0 spiro atoms. The van der Waals surface area contributed by atoms with Gasteiger partial charge in [-0.2, -0.15) is 0 Å². The molecule has 0 N–H and O–H groups in total. The van der Waals surface area contributed by atoms with Gasteiger partial charge in [-0.1, -0.05) is 29.4 Å². The average Bonchev–Trinajstić information content (AvgIpc) is 3.26. The van der Waals surface area contributed by atoms with E-state index in [1.54, 1.807) is 40.9 Å². The van der Waals surface area contributed by atoms with Crippen LogP contribution in [0.2, 0.25) is 5.02 Å². The van der Waals surface area contributed by atoms with Gasteiger partial charge in [0.15, 0.2) is 11.6 Å². The summed E-state index contributed by atoms with van der Waals surface area (Å²) in [5.41, 5.74) is 1.86. The maximum Gasteiger partial charge on any atom is 0.198 e. The predicted molar refractivity (Wildman–Crippen MR) is 106 cm³/mol. The topological polar surface area (TPSA) is 34.1 Å². The number of hydrogen-bond donors (Lipinski definition) is 0. The van der Waals surface area contributed by atoms with Crippen molar-refractivity contribution in [2.24, 2.45) is 0 Å². The highest BCUT2D eigenvalue weighted by Gasteiger charge is 2.30. The molecule has 0 radical (unpaired) electrons. The monoisotopic (exact) mass is 406 g/mol. The third-order valence-corrected chi connectivity index (χ3v) is 8.09. The molecule has 2 heterocycles. The molecule has 2 aromatic rings. The van der Waals surface area contributed by atoms with Crippen LogP contribution in [0.1, 0.15) is 35.2 Å². The van der Waals surface area contributed by atoms with E-state index in [1.165, 1.54) is 0 Å². The van der Waals surface area contributed by atoms with Crippen LogP contribution in [0.15, 0.2) is 49.2 Å². The predicted octanol–water partition coefficient (Wildman–Crippen LogP) is 6.03. The summed E-state index contributed by atoms with van der Waals surface area (Å²) in [6.45, 7) is 0. The van der Waals surface area contributed by atoms with E-state index in [-0.39, 0.29) is 11.6 Å². The largest absolute Gasteiger partial charge is 0.294 e. The maximum atomic E-state index is 13.2. The maximum absolute atomic E-state index is 13.2. The Bertz CT molecular complexity index is 884. The molecule has 25 heavy (non-hydrogen) atoms. The van der Waals surface area contributed by atoms with E-state index in [0.29, 0.717) is 22.6 Å². The van der Waals surface area contributed by atoms with Gasteiger partial charge >= 0.3 is 0 Å². The van der Waals surface area contributed by atoms with Crippen molar-refractivity contribution in [3.8, 4) is 0 Å². The van der Waals surface area contributed by atoms with Crippen LogP contribution >= 0.6 is 46.5 Å². The highest BCUT2D eigenvalue weighted by molar-refractivity contribution is 8.04. The lowest BCUT2D eigenvalue weighted by Crippen LogP contribution is -2.19. The molecule has 0 amide bonds. The molecule has 1 aliphatic heterocycles. The lowest BCUT2D eigenvalue weighted by molar-refractivity contribution is -0.115. The fourth-order valence-electron chi connectivity index (χ4n) is 3.16. The second kappa shape index (κ2) is 7.31. The van der Waals surface area contributed by atoms with Crippen LogP contribution in [0.25, 0.3) is 0 Å². The molecule has 1 aliphatic carbocycles. The van der Waals surface area contributed by atoms with Gasteiger partial charge in [-0.05, 0) is 48.4 Å². The van der Waals surface area contributed by atoms with Gasteiger partial charge in [-0.3, -0.25) is 9.59 Å². The number of hydrogen-bond acceptors (Lipinski definition) is 5. The fraction of sp³-hybridized carbons (Fsp3) is 0.263. The van der Waals surface area contributed by atoms with E-state index < -0.39 is 0 Å². The van der Waals surface area contributed by atoms with Crippen molar-refractivity contribution < 1.29 is 9.59 Å². The summed E-state index contributed by atoms with van der Waals surface area (Å²) in [7, 11) is 0. The van der Waals surface area contributed by atoms with Gasteiger partial charge in [0.1, 0.15) is 0 Å². The summed E-state index contributed by atoms with van der Waals surface area (Å²) < 4.78 is 1.10. The number of rotatable bonds is 4. The van der Waals surface area contributed by atoms with Crippen LogP contribution in [0, 0.1) is 0 Å². The van der Waals surface area contributed by atoms with E-state index in [0.717, 1.165) is 44.6 Å². The lowest BCUT2D eigenvalue weighted by Gasteiger charge is -2.18. The number of halogens is 1. The van der Waals surface area contributed by atoms with Crippen LogP contribution in [0.3, 0.4) is 0 Å². The molecule has 0 atom stereocenters. The van der Waals surface area contributed by atoms with E-state index >= 15 is 0 Å². The number of thioether (sulfide) groups is 2. The Morgan fingerprint density at radius 1 is 1.16 bits per heavy atom. The molecule has 0 unspecified atom stereocenters. The summed E-state index contributed by atoms with van der Waals surface area (Å²) in [5.74, 6) is 0.725. The van der Waals surface area contributed by atoms with Crippen molar-refractivity contribution >= 4 is 58.0 Å². The Kier molecular flexibility index (Phi) is 5.09. The minimum atomic E-state index is -0.214. The number of Topliss-reactive ketones (excluding diaryl/α,β-unsaturated/α-hetero) is 2. The van der Waals surface area contributed by atoms with Crippen molar-refractivity contribution in [1.29, 1.82) is 0 Å². The van der Waals surface area contributed by atoms with E-state index in [4.69, 9.17) is 11.6 Å². The summed E-state index contributed by atoms with van der Waals surface area (Å²) in [6, 6.07) is 7.74. The van der Waals surface area contributed by atoms with E-state index in [1.807, 2.05) is 23.6 Å². The zero-order valence-electron chi connectivity index (χ0n) is 13.3. The number of carbonyl (C=O) groups excluding carboxylic acids is 2. The molecule has 1 aromatic heterocycles. The molecular weight excluding hydrogens is 392 g/mol. The van der Waals surface area contributed by atoms with Gasteiger partial charge in [0.05, 0.1) is 14.8 Å². The van der Waals surface area contributed by atoms with Crippen LogP contribution in [0.5, 0.6) is 0 Å². The first-order chi connectivity index (χ1) is 12.1. The Balaban J connectivity index is 1.76. The zero-order chi connectivity index (χ0) is 17.4. The highest BCUT2D eigenvalue weighted by Crippen LogP contribution is 2.42. The minimum absolute atomic E-state index is 0.0544. The van der Waals surface area contributed by atoms with Crippen LogP contribution < -0.4 is 0 Å². The van der Waals surface area contributed by atoms with Gasteiger partial charge in [-0.25, -0.2) is 0 Å². The molecule has 6 heteroatoms. The average molecular weight is 407 g/mol. The van der Waals surface area contributed by atoms with Gasteiger partial charge in [-0.15, -0.1) is 23.1 Å². The summed E-state index contributed by atoms with van der Waals surface area (Å²) >= 11 is 11.5. The van der Waals surface area contributed by atoms with E-state index in [2.05, 4.69) is 0 Å². The molecule has 0 saturated heterocycles. The van der Waals surface area contributed by atoms with Crippen LogP contribution in [-0.4, -0.2) is 17.3 Å². The fourth-order valence-corrected chi connectivity index (χ4v) is 6.68. The molecule has 4 rings (SSSR count). The van der Waals surface area contributed by atoms with Crippen molar-refractivity contribution in [3.05, 3.63) is 56.3 Å². The third kappa shape index (κ3) is 3.35. The molecule has 128 valence electrons. The quantitative estimate of drug-likeness (QED) is 0.458. The number of carbonyl (C=O) groups is 2. The first kappa shape index (κ1) is 17.4. The van der Waals surface area contributed by atoms with Crippen molar-refractivity contribution in [3.63, 3.8) is 0 Å². The van der Waals surface area contributed by atoms with Crippen molar-refractivity contribution in [1.82, 2.24) is 0 Å². The summed E-state index contributed by atoms with van der Waals surface area (Å²) in [6.07, 6.45) is 2.89. The lowest BCUT2D eigenvalue weighted by atomic mass is 9.91. The molecule has 2 aliphatic rings. The Labute approximate surface area is 164 Å². The Hall–Kier alpha value is -1.01. The Morgan fingerprint density at radius 2 is 2.04 bits per heavy atom. The number of fused-ring (bicyclic) bond motifs is 1. The van der Waals surface area contributed by atoms with Crippen molar-refractivity contribution in [2.75, 3.05) is 5.75 Å². The SMILES string of the molecule is O=C1CCCC(Sc2cccs2)=C1C(=O)c1ccc2c(c1Cl)CCS2. The third-order valence-electron chi connectivity index (χ3n) is 4.37. The van der Waals surface area contributed by atoms with Crippen molar-refractivity contribution in [2.45, 2.75) is 34.8 Å². The first-order valence-electron chi connectivity index (χ1n) is 8.11. The van der Waals surface area contributed by atoms with Crippen LogP contribution in [0.4, 0.5) is 0 Å². The normalized spacial score (nSPS) is 17.1.